The summed E-state index contributed by atoms with van der Waals surface area (Å²) in [7, 11) is 2.19. The smallest absolute Gasteiger partial charge is 0.151 e. The van der Waals surface area contributed by atoms with Gasteiger partial charge in [0.1, 0.15) is 0 Å². The third-order valence-corrected chi connectivity index (χ3v) is 5.43. The molecule has 2 aromatic rings. The number of anilines is 1. The van der Waals surface area contributed by atoms with Crippen molar-refractivity contribution in [3.63, 3.8) is 0 Å². The molecule has 0 bridgehead atoms. The van der Waals surface area contributed by atoms with E-state index in [1.54, 1.807) is 17.5 Å². The first kappa shape index (κ1) is 17.9. The molecule has 120 valence electrons. The molecule has 4 nitrogen and oxygen atoms in total. The van der Waals surface area contributed by atoms with E-state index in [1.807, 2.05) is 18.2 Å². The van der Waals surface area contributed by atoms with Crippen molar-refractivity contribution in [1.29, 1.82) is 0 Å². The van der Waals surface area contributed by atoms with Gasteiger partial charge in [-0.25, -0.2) is 0 Å². The molecule has 7 heteroatoms. The number of piperidine rings is 1. The zero-order chi connectivity index (χ0) is 14.7. The van der Waals surface area contributed by atoms with E-state index in [0.29, 0.717) is 6.04 Å². The lowest BCUT2D eigenvalue weighted by Crippen LogP contribution is -2.43. The zero-order valence-corrected chi connectivity index (χ0v) is 16.4. The first-order valence-corrected chi connectivity index (χ1v) is 8.44. The van der Waals surface area contributed by atoms with Crippen molar-refractivity contribution in [2.75, 3.05) is 25.0 Å². The summed E-state index contributed by atoms with van der Waals surface area (Å²) in [5.41, 5.74) is 0. The van der Waals surface area contributed by atoms with Crippen molar-refractivity contribution in [2.45, 2.75) is 25.4 Å². The second-order valence-electron chi connectivity index (χ2n) is 5.41. The number of aromatic nitrogens is 2. The van der Waals surface area contributed by atoms with E-state index < -0.39 is 0 Å². The predicted molar refractivity (Wildman–Crippen MR) is 103 cm³/mol. The van der Waals surface area contributed by atoms with Gasteiger partial charge in [0.05, 0.1) is 5.02 Å². The number of nitrogens with zero attached hydrogens (tertiary/aromatic N) is 4. The van der Waals surface area contributed by atoms with Gasteiger partial charge < -0.3 is 4.90 Å². The van der Waals surface area contributed by atoms with Gasteiger partial charge in [-0.2, -0.15) is 5.10 Å². The molecule has 0 aromatic carbocycles. The molecular weight excluding hydrogens is 431 g/mol. The third-order valence-electron chi connectivity index (χ3n) is 4.05. The van der Waals surface area contributed by atoms with Gasteiger partial charge in [0.25, 0.3) is 0 Å². The molecule has 3 rings (SSSR count). The van der Waals surface area contributed by atoms with E-state index in [-0.39, 0.29) is 24.0 Å². The highest BCUT2D eigenvalue weighted by atomic mass is 127. The minimum absolute atomic E-state index is 0. The van der Waals surface area contributed by atoms with Gasteiger partial charge in [0.2, 0.25) is 0 Å². The Morgan fingerprint density at radius 2 is 2.14 bits per heavy atom. The van der Waals surface area contributed by atoms with Crippen molar-refractivity contribution in [1.82, 2.24) is 15.1 Å². The fraction of sp³-hybridized carbons (Fsp3) is 0.467. The minimum atomic E-state index is 0. The van der Waals surface area contributed by atoms with Crippen LogP contribution in [0.1, 0.15) is 17.7 Å². The van der Waals surface area contributed by atoms with Crippen LogP contribution in [0.15, 0.2) is 29.8 Å². The zero-order valence-electron chi connectivity index (χ0n) is 12.5. The molecule has 0 unspecified atom stereocenters. The maximum absolute atomic E-state index is 6.19. The summed E-state index contributed by atoms with van der Waals surface area (Å²) >= 11 is 7.92. The Labute approximate surface area is 157 Å². The van der Waals surface area contributed by atoms with E-state index >= 15 is 0 Å². The number of hydrogen-bond donors (Lipinski definition) is 0. The van der Waals surface area contributed by atoms with E-state index in [0.717, 1.165) is 43.3 Å². The van der Waals surface area contributed by atoms with Crippen LogP contribution in [0.5, 0.6) is 0 Å². The van der Waals surface area contributed by atoms with E-state index in [2.05, 4.69) is 32.4 Å². The summed E-state index contributed by atoms with van der Waals surface area (Å²) in [5, 5.41) is 11.1. The van der Waals surface area contributed by atoms with Crippen molar-refractivity contribution < 1.29 is 0 Å². The van der Waals surface area contributed by atoms with Gasteiger partial charge in [-0.3, -0.25) is 4.90 Å². The van der Waals surface area contributed by atoms with Crippen LogP contribution in [0.4, 0.5) is 5.82 Å². The monoisotopic (exact) mass is 450 g/mol. The number of rotatable bonds is 4. The highest BCUT2D eigenvalue weighted by Gasteiger charge is 2.23. The van der Waals surface area contributed by atoms with Gasteiger partial charge in [-0.05, 0) is 43.5 Å². The summed E-state index contributed by atoms with van der Waals surface area (Å²) < 4.78 is 0. The van der Waals surface area contributed by atoms with Crippen LogP contribution < -0.4 is 4.90 Å². The van der Waals surface area contributed by atoms with Crippen LogP contribution in [0.25, 0.3) is 0 Å². The Bertz CT molecular complexity index is 572. The molecule has 2 aromatic heterocycles. The highest BCUT2D eigenvalue weighted by molar-refractivity contribution is 14.0. The van der Waals surface area contributed by atoms with Crippen molar-refractivity contribution in [3.05, 3.63) is 39.7 Å². The molecule has 0 atom stereocenters. The van der Waals surface area contributed by atoms with Crippen LogP contribution in [-0.2, 0) is 6.54 Å². The SMILES string of the molecule is CN(Cc1sccc1Cl)C1CCN(c2cccnn2)CC1.I. The van der Waals surface area contributed by atoms with Gasteiger partial charge in [-0.1, -0.05) is 11.6 Å². The second kappa shape index (κ2) is 8.42. The minimum Gasteiger partial charge on any atom is -0.355 e. The normalized spacial score (nSPS) is 15.9. The first-order valence-electron chi connectivity index (χ1n) is 7.19. The van der Waals surface area contributed by atoms with E-state index in [9.17, 15) is 0 Å². The fourth-order valence-corrected chi connectivity index (χ4v) is 3.95. The summed E-state index contributed by atoms with van der Waals surface area (Å²) in [6.45, 7) is 3.00. The topological polar surface area (TPSA) is 32.3 Å². The molecule has 22 heavy (non-hydrogen) atoms. The number of hydrogen-bond acceptors (Lipinski definition) is 5. The van der Waals surface area contributed by atoms with Crippen LogP contribution in [-0.4, -0.2) is 41.3 Å². The molecule has 1 aliphatic rings. The molecule has 1 saturated heterocycles. The van der Waals surface area contributed by atoms with Crippen LogP contribution in [0, 0.1) is 0 Å². The lowest BCUT2D eigenvalue weighted by Gasteiger charge is -2.37. The first-order chi connectivity index (χ1) is 10.2. The Kier molecular flexibility index (Phi) is 6.86. The average molecular weight is 451 g/mol. The Morgan fingerprint density at radius 1 is 1.36 bits per heavy atom. The predicted octanol–water partition coefficient (Wildman–Crippen LogP) is 3.91. The average Bonchev–Trinajstić information content (AvgIpc) is 2.93. The quantitative estimate of drug-likeness (QED) is 0.661. The molecule has 0 spiro atoms. The second-order valence-corrected chi connectivity index (χ2v) is 6.81. The summed E-state index contributed by atoms with van der Waals surface area (Å²) in [6.07, 6.45) is 4.01. The molecule has 0 saturated carbocycles. The van der Waals surface area contributed by atoms with E-state index in [1.165, 1.54) is 4.88 Å². The highest BCUT2D eigenvalue weighted by Crippen LogP contribution is 2.26. The molecule has 0 N–H and O–H groups in total. The standard InChI is InChI=1S/C15H19ClN4S.HI/c1-19(11-14-13(16)6-10-21-14)12-4-8-20(9-5-12)15-3-2-7-17-18-15;/h2-3,6-7,10,12H,4-5,8-9,11H2,1H3;1H. The van der Waals surface area contributed by atoms with Crippen LogP contribution >= 0.6 is 46.9 Å². The van der Waals surface area contributed by atoms with Gasteiger partial charge >= 0.3 is 0 Å². The Balaban J connectivity index is 0.00000176. The van der Waals surface area contributed by atoms with Gasteiger partial charge in [0, 0.05) is 36.8 Å². The molecular formula is C15H20ClIN4S. The molecule has 0 amide bonds. The summed E-state index contributed by atoms with van der Waals surface area (Å²) in [6, 6.07) is 6.56. The van der Waals surface area contributed by atoms with Crippen LogP contribution in [0.3, 0.4) is 0 Å². The molecule has 1 fully saturated rings. The Morgan fingerprint density at radius 3 is 2.73 bits per heavy atom. The van der Waals surface area contributed by atoms with Crippen LogP contribution in [0.2, 0.25) is 5.02 Å². The van der Waals surface area contributed by atoms with Gasteiger partial charge in [-0.15, -0.1) is 40.4 Å². The number of thiophene rings is 1. The lowest BCUT2D eigenvalue weighted by atomic mass is 10.0. The maximum atomic E-state index is 6.19. The fourth-order valence-electron chi connectivity index (χ4n) is 2.79. The Hall–Kier alpha value is -0.440. The third kappa shape index (κ3) is 4.31. The van der Waals surface area contributed by atoms with Crippen molar-refractivity contribution >= 4 is 52.7 Å². The molecule has 0 radical (unpaired) electrons. The molecule has 0 aliphatic carbocycles. The maximum Gasteiger partial charge on any atom is 0.151 e. The molecule has 1 aliphatic heterocycles. The molecule has 3 heterocycles. The van der Waals surface area contributed by atoms with Crippen molar-refractivity contribution in [3.8, 4) is 0 Å². The summed E-state index contributed by atoms with van der Waals surface area (Å²) in [5.74, 6) is 0.986. The summed E-state index contributed by atoms with van der Waals surface area (Å²) in [4.78, 5) is 6.00. The van der Waals surface area contributed by atoms with Crippen molar-refractivity contribution in [2.24, 2.45) is 0 Å². The number of halogens is 2. The largest absolute Gasteiger partial charge is 0.355 e. The lowest BCUT2D eigenvalue weighted by molar-refractivity contribution is 0.201. The van der Waals surface area contributed by atoms with E-state index in [4.69, 9.17) is 11.6 Å². The van der Waals surface area contributed by atoms with Gasteiger partial charge in [0.15, 0.2) is 5.82 Å².